The highest BCUT2D eigenvalue weighted by atomic mass is 16.6. The number of nitro benzene ring substituents is 1. The van der Waals surface area contributed by atoms with Crippen LogP contribution in [0, 0.1) is 16.0 Å². The number of carbonyl (C=O) groups is 1. The second kappa shape index (κ2) is 5.61. The normalized spacial score (nSPS) is 18.6. The Bertz CT molecular complexity index is 540. The van der Waals surface area contributed by atoms with E-state index < -0.39 is 4.92 Å². The van der Waals surface area contributed by atoms with Gasteiger partial charge in [-0.05, 0) is 37.8 Å². The van der Waals surface area contributed by atoms with E-state index in [9.17, 15) is 14.9 Å². The minimum Gasteiger partial charge on any atom is -0.368 e. The monoisotopic (exact) mass is 276 g/mol. The zero-order chi connectivity index (χ0) is 14.9. The van der Waals surface area contributed by atoms with Gasteiger partial charge in [0.15, 0.2) is 5.78 Å². The van der Waals surface area contributed by atoms with Crippen molar-refractivity contribution in [2.45, 2.75) is 39.7 Å². The summed E-state index contributed by atoms with van der Waals surface area (Å²) in [7, 11) is 0. The molecule has 1 aromatic rings. The third kappa shape index (κ3) is 2.66. The number of hydrogen-bond acceptors (Lipinski definition) is 4. The molecule has 0 spiro atoms. The van der Waals surface area contributed by atoms with Gasteiger partial charge in [-0.1, -0.05) is 13.8 Å². The van der Waals surface area contributed by atoms with E-state index in [0.29, 0.717) is 12.0 Å². The lowest BCUT2D eigenvalue weighted by atomic mass is 10.0. The van der Waals surface area contributed by atoms with E-state index >= 15 is 0 Å². The number of nitro groups is 1. The summed E-state index contributed by atoms with van der Waals surface area (Å²) < 4.78 is 0. The summed E-state index contributed by atoms with van der Waals surface area (Å²) in [5.41, 5.74) is 1.00. The second-order valence-corrected chi connectivity index (χ2v) is 5.66. The van der Waals surface area contributed by atoms with Gasteiger partial charge in [-0.25, -0.2) is 0 Å². The summed E-state index contributed by atoms with van der Waals surface area (Å²) in [6, 6.07) is 5.31. The van der Waals surface area contributed by atoms with Crippen LogP contribution in [0.2, 0.25) is 0 Å². The van der Waals surface area contributed by atoms with Crippen molar-refractivity contribution in [2.75, 3.05) is 11.4 Å². The summed E-state index contributed by atoms with van der Waals surface area (Å²) in [5, 5.41) is 11.0. The van der Waals surface area contributed by atoms with Gasteiger partial charge >= 0.3 is 0 Å². The molecule has 1 aromatic carbocycles. The van der Waals surface area contributed by atoms with Crippen LogP contribution in [0.1, 0.15) is 44.0 Å². The quantitative estimate of drug-likeness (QED) is 0.480. The topological polar surface area (TPSA) is 63.5 Å². The van der Waals surface area contributed by atoms with Gasteiger partial charge in [-0.2, -0.15) is 0 Å². The first-order chi connectivity index (χ1) is 9.41. The smallest absolute Gasteiger partial charge is 0.280 e. The molecule has 0 N–H and O–H groups in total. The molecular formula is C15H20N2O3. The molecule has 0 saturated carbocycles. The van der Waals surface area contributed by atoms with Crippen molar-refractivity contribution in [3.63, 3.8) is 0 Å². The molecule has 2 rings (SSSR count). The van der Waals surface area contributed by atoms with Crippen molar-refractivity contribution in [2.24, 2.45) is 5.92 Å². The molecule has 0 bridgehead atoms. The first-order valence-corrected chi connectivity index (χ1v) is 6.98. The van der Waals surface area contributed by atoms with E-state index in [1.54, 1.807) is 12.1 Å². The van der Waals surface area contributed by atoms with Gasteiger partial charge in [0, 0.05) is 24.3 Å². The number of anilines is 1. The van der Waals surface area contributed by atoms with Crippen LogP contribution in [-0.4, -0.2) is 23.3 Å². The standard InChI is InChI=1S/C15H20N2O3/c1-10(2)14-5-4-8-16(14)12-6-7-15(17(19)20)13(9-12)11(3)18/h6-7,9-10,14H,4-5,8H2,1-3H3. The van der Waals surface area contributed by atoms with Crippen molar-refractivity contribution < 1.29 is 9.72 Å². The van der Waals surface area contributed by atoms with E-state index in [4.69, 9.17) is 0 Å². The van der Waals surface area contributed by atoms with Gasteiger partial charge in [0.25, 0.3) is 5.69 Å². The third-order valence-corrected chi connectivity index (χ3v) is 3.96. The van der Waals surface area contributed by atoms with Gasteiger partial charge in [0.2, 0.25) is 0 Å². The molecule has 1 atom stereocenters. The minimum absolute atomic E-state index is 0.110. The molecule has 108 valence electrons. The first-order valence-electron chi connectivity index (χ1n) is 6.98. The predicted molar refractivity (Wildman–Crippen MR) is 78.3 cm³/mol. The largest absolute Gasteiger partial charge is 0.368 e. The zero-order valence-corrected chi connectivity index (χ0v) is 12.1. The molecule has 1 aliphatic rings. The molecule has 1 saturated heterocycles. The highest BCUT2D eigenvalue weighted by Crippen LogP contribution is 2.32. The van der Waals surface area contributed by atoms with E-state index in [2.05, 4.69) is 18.7 Å². The molecule has 0 aliphatic carbocycles. The number of hydrogen-bond donors (Lipinski definition) is 0. The Balaban J connectivity index is 2.41. The Morgan fingerprint density at radius 1 is 1.45 bits per heavy atom. The Hall–Kier alpha value is -1.91. The van der Waals surface area contributed by atoms with Gasteiger partial charge in [-0.15, -0.1) is 0 Å². The number of ketones is 1. The highest BCUT2D eigenvalue weighted by molar-refractivity contribution is 5.99. The highest BCUT2D eigenvalue weighted by Gasteiger charge is 2.28. The Kier molecular flexibility index (Phi) is 4.06. The molecule has 5 nitrogen and oxygen atoms in total. The summed E-state index contributed by atoms with van der Waals surface area (Å²) >= 11 is 0. The molecule has 1 heterocycles. The van der Waals surface area contributed by atoms with Crippen molar-refractivity contribution in [1.82, 2.24) is 0 Å². The van der Waals surface area contributed by atoms with Crippen LogP contribution in [-0.2, 0) is 0 Å². The van der Waals surface area contributed by atoms with Crippen molar-refractivity contribution in [3.05, 3.63) is 33.9 Å². The van der Waals surface area contributed by atoms with Crippen LogP contribution in [0.3, 0.4) is 0 Å². The van der Waals surface area contributed by atoms with Crippen molar-refractivity contribution in [3.8, 4) is 0 Å². The summed E-state index contributed by atoms with van der Waals surface area (Å²) in [4.78, 5) is 24.4. The lowest BCUT2D eigenvalue weighted by molar-refractivity contribution is -0.385. The zero-order valence-electron chi connectivity index (χ0n) is 12.1. The molecule has 20 heavy (non-hydrogen) atoms. The van der Waals surface area contributed by atoms with Crippen LogP contribution in [0.15, 0.2) is 18.2 Å². The fourth-order valence-electron chi connectivity index (χ4n) is 2.95. The molecule has 0 amide bonds. The van der Waals surface area contributed by atoms with Gasteiger partial charge in [0.1, 0.15) is 0 Å². The maximum atomic E-state index is 11.6. The average molecular weight is 276 g/mol. The maximum absolute atomic E-state index is 11.6. The SMILES string of the molecule is CC(=O)c1cc(N2CCCC2C(C)C)ccc1[N+](=O)[O-]. The van der Waals surface area contributed by atoms with Crippen LogP contribution in [0.5, 0.6) is 0 Å². The molecule has 1 fully saturated rings. The molecule has 0 aromatic heterocycles. The third-order valence-electron chi connectivity index (χ3n) is 3.96. The Morgan fingerprint density at radius 3 is 2.70 bits per heavy atom. The fraction of sp³-hybridized carbons (Fsp3) is 0.533. The fourth-order valence-corrected chi connectivity index (χ4v) is 2.95. The lowest BCUT2D eigenvalue weighted by Crippen LogP contribution is -2.33. The van der Waals surface area contributed by atoms with Gasteiger partial charge in [-0.3, -0.25) is 14.9 Å². The number of rotatable bonds is 4. The van der Waals surface area contributed by atoms with Crippen LogP contribution in [0.4, 0.5) is 11.4 Å². The van der Waals surface area contributed by atoms with E-state index in [1.165, 1.54) is 13.0 Å². The second-order valence-electron chi connectivity index (χ2n) is 5.66. The molecule has 0 radical (unpaired) electrons. The molecule has 5 heteroatoms. The van der Waals surface area contributed by atoms with Crippen LogP contribution >= 0.6 is 0 Å². The molecule has 1 aliphatic heterocycles. The van der Waals surface area contributed by atoms with Gasteiger partial charge < -0.3 is 4.90 Å². The Labute approximate surface area is 118 Å². The maximum Gasteiger partial charge on any atom is 0.280 e. The number of benzene rings is 1. The van der Waals surface area contributed by atoms with E-state index in [0.717, 1.165) is 25.1 Å². The first kappa shape index (κ1) is 14.5. The number of nitrogens with zero attached hydrogens (tertiary/aromatic N) is 2. The van der Waals surface area contributed by atoms with E-state index in [1.807, 2.05) is 0 Å². The number of carbonyl (C=O) groups excluding carboxylic acids is 1. The lowest BCUT2D eigenvalue weighted by Gasteiger charge is -2.29. The molecule has 1 unspecified atom stereocenters. The Morgan fingerprint density at radius 2 is 2.15 bits per heavy atom. The van der Waals surface area contributed by atoms with Crippen molar-refractivity contribution >= 4 is 17.2 Å². The van der Waals surface area contributed by atoms with Crippen LogP contribution in [0.25, 0.3) is 0 Å². The average Bonchev–Trinajstić information content (AvgIpc) is 2.87. The van der Waals surface area contributed by atoms with Gasteiger partial charge in [0.05, 0.1) is 10.5 Å². The van der Waals surface area contributed by atoms with E-state index in [-0.39, 0.29) is 17.0 Å². The predicted octanol–water partition coefficient (Wildman–Crippen LogP) is 3.42. The summed E-state index contributed by atoms with van der Waals surface area (Å²) in [6.45, 7) is 6.68. The number of Topliss-reactive ketones (excluding diaryl/α,β-unsaturated/α-hetero) is 1. The molecular weight excluding hydrogens is 256 g/mol. The minimum atomic E-state index is -0.496. The summed E-state index contributed by atoms with van der Waals surface area (Å²) in [6.07, 6.45) is 2.25. The summed E-state index contributed by atoms with van der Waals surface area (Å²) in [5.74, 6) is 0.257. The van der Waals surface area contributed by atoms with Crippen molar-refractivity contribution in [1.29, 1.82) is 0 Å². The van der Waals surface area contributed by atoms with Crippen LogP contribution < -0.4 is 4.90 Å².